The van der Waals surface area contributed by atoms with Crippen molar-refractivity contribution in [3.63, 3.8) is 0 Å². The van der Waals surface area contributed by atoms with Gasteiger partial charge in [-0.25, -0.2) is 0 Å². The molecule has 1 saturated heterocycles. The molecular weight excluding hydrogens is 188 g/mol. The molecule has 0 bridgehead atoms. The number of rotatable bonds is 3. The third-order valence-electron chi connectivity index (χ3n) is 3.44. The molecule has 1 rings (SSSR count). The second-order valence-corrected chi connectivity index (χ2v) is 5.66. The Morgan fingerprint density at radius 3 is 2.67 bits per heavy atom. The molecule has 3 heteroatoms. The Balaban J connectivity index is 2.27. The predicted molar refractivity (Wildman–Crippen MR) is 62.7 cm³/mol. The predicted octanol–water partition coefficient (Wildman–Crippen LogP) is 1.54. The topological polar surface area (TPSA) is 41.1 Å². The largest absolute Gasteiger partial charge is 0.354 e. The molecule has 2 atom stereocenters. The molecule has 0 spiro atoms. The Labute approximate surface area is 93.0 Å². The smallest absolute Gasteiger partial charge is 0.237 e. The summed E-state index contributed by atoms with van der Waals surface area (Å²) in [6, 6.07) is 0.0529. The van der Waals surface area contributed by atoms with Crippen LogP contribution < -0.4 is 10.6 Å². The van der Waals surface area contributed by atoms with Crippen molar-refractivity contribution in [2.45, 2.75) is 46.6 Å². The van der Waals surface area contributed by atoms with Crippen molar-refractivity contribution in [2.75, 3.05) is 13.1 Å². The van der Waals surface area contributed by atoms with Crippen molar-refractivity contribution in [2.24, 2.45) is 11.3 Å². The summed E-state index contributed by atoms with van der Waals surface area (Å²) < 4.78 is 0. The van der Waals surface area contributed by atoms with E-state index in [1.807, 2.05) is 0 Å². The highest BCUT2D eigenvalue weighted by Crippen LogP contribution is 2.24. The van der Waals surface area contributed by atoms with Crippen molar-refractivity contribution >= 4 is 5.91 Å². The number of amides is 1. The molecule has 0 radical (unpaired) electrons. The van der Waals surface area contributed by atoms with Gasteiger partial charge in [-0.05, 0) is 30.7 Å². The number of carbonyl (C=O) groups excluding carboxylic acids is 1. The lowest BCUT2D eigenvalue weighted by molar-refractivity contribution is -0.123. The summed E-state index contributed by atoms with van der Waals surface area (Å²) in [5.41, 5.74) is 0.260. The lowest BCUT2D eigenvalue weighted by Gasteiger charge is -2.27. The number of carbonyl (C=O) groups is 1. The van der Waals surface area contributed by atoms with Crippen molar-refractivity contribution in [1.29, 1.82) is 0 Å². The first-order valence-electron chi connectivity index (χ1n) is 5.92. The highest BCUT2D eigenvalue weighted by atomic mass is 16.2. The summed E-state index contributed by atoms with van der Waals surface area (Å²) in [6.07, 6.45) is 2.10. The van der Waals surface area contributed by atoms with Crippen molar-refractivity contribution in [3.05, 3.63) is 0 Å². The molecule has 1 amide bonds. The van der Waals surface area contributed by atoms with E-state index < -0.39 is 0 Å². The minimum absolute atomic E-state index is 0.0529. The van der Waals surface area contributed by atoms with E-state index in [2.05, 4.69) is 38.3 Å². The summed E-state index contributed by atoms with van der Waals surface area (Å²) in [4.78, 5) is 11.7. The van der Waals surface area contributed by atoms with E-state index in [0.717, 1.165) is 25.9 Å². The molecule has 0 aliphatic carbocycles. The Morgan fingerprint density at radius 1 is 1.53 bits per heavy atom. The average Bonchev–Trinajstić information content (AvgIpc) is 2.64. The third-order valence-corrected chi connectivity index (χ3v) is 3.44. The molecule has 1 aliphatic heterocycles. The fraction of sp³-hybridized carbons (Fsp3) is 0.917. The number of hydrogen-bond acceptors (Lipinski definition) is 2. The van der Waals surface area contributed by atoms with Crippen LogP contribution in [-0.4, -0.2) is 25.0 Å². The molecule has 3 nitrogen and oxygen atoms in total. The van der Waals surface area contributed by atoms with Crippen molar-refractivity contribution in [1.82, 2.24) is 10.6 Å². The zero-order valence-electron chi connectivity index (χ0n) is 10.4. The first kappa shape index (κ1) is 12.5. The maximum Gasteiger partial charge on any atom is 0.237 e. The molecule has 1 unspecified atom stereocenters. The van der Waals surface area contributed by atoms with Gasteiger partial charge in [0.15, 0.2) is 0 Å². The standard InChI is InChI=1S/C12H24N2O/c1-9(12(2,3)4)8-14-11(15)10-6-5-7-13-10/h9-10,13H,5-8H2,1-4H3,(H,14,15)/t9?,10-/m0/s1. The van der Waals surface area contributed by atoms with E-state index in [4.69, 9.17) is 0 Å². The molecule has 1 fully saturated rings. The zero-order chi connectivity index (χ0) is 11.5. The monoisotopic (exact) mass is 212 g/mol. The second-order valence-electron chi connectivity index (χ2n) is 5.66. The summed E-state index contributed by atoms with van der Waals surface area (Å²) in [5.74, 6) is 0.673. The molecule has 1 aliphatic rings. The highest BCUT2D eigenvalue weighted by molar-refractivity contribution is 5.81. The molecule has 0 aromatic carbocycles. The Kier molecular flexibility index (Phi) is 4.14. The zero-order valence-corrected chi connectivity index (χ0v) is 10.4. The van der Waals surface area contributed by atoms with Crippen LogP contribution in [0.3, 0.4) is 0 Å². The maximum absolute atomic E-state index is 11.7. The van der Waals surface area contributed by atoms with E-state index in [0.29, 0.717) is 5.92 Å². The van der Waals surface area contributed by atoms with Gasteiger partial charge in [0.25, 0.3) is 0 Å². The van der Waals surface area contributed by atoms with Crippen LogP contribution in [-0.2, 0) is 4.79 Å². The third kappa shape index (κ3) is 3.82. The quantitative estimate of drug-likeness (QED) is 0.745. The summed E-state index contributed by atoms with van der Waals surface area (Å²) in [6.45, 7) is 10.6. The lowest BCUT2D eigenvalue weighted by Crippen LogP contribution is -2.43. The molecule has 0 saturated carbocycles. The van der Waals surface area contributed by atoms with Crippen LogP contribution in [0, 0.1) is 11.3 Å². The van der Waals surface area contributed by atoms with Gasteiger partial charge in [0.2, 0.25) is 5.91 Å². The van der Waals surface area contributed by atoms with E-state index in [1.54, 1.807) is 0 Å². The normalized spacial score (nSPS) is 23.9. The van der Waals surface area contributed by atoms with Gasteiger partial charge in [-0.2, -0.15) is 0 Å². The summed E-state index contributed by atoms with van der Waals surface area (Å²) in [5, 5.41) is 6.24. The van der Waals surface area contributed by atoms with Crippen molar-refractivity contribution < 1.29 is 4.79 Å². The van der Waals surface area contributed by atoms with Gasteiger partial charge in [-0.1, -0.05) is 27.7 Å². The van der Waals surface area contributed by atoms with Crippen LogP contribution >= 0.6 is 0 Å². The van der Waals surface area contributed by atoms with Crippen LogP contribution in [0.2, 0.25) is 0 Å². The Hall–Kier alpha value is -0.570. The summed E-state index contributed by atoms with van der Waals surface area (Å²) >= 11 is 0. The Morgan fingerprint density at radius 2 is 2.20 bits per heavy atom. The molecule has 0 aromatic rings. The van der Waals surface area contributed by atoms with Crippen LogP contribution in [0.15, 0.2) is 0 Å². The Bertz CT molecular complexity index is 214. The van der Waals surface area contributed by atoms with E-state index in [-0.39, 0.29) is 17.4 Å². The fourth-order valence-corrected chi connectivity index (χ4v) is 1.59. The molecule has 88 valence electrons. The molecular formula is C12H24N2O. The lowest BCUT2D eigenvalue weighted by atomic mass is 9.82. The van der Waals surface area contributed by atoms with Gasteiger partial charge in [-0.15, -0.1) is 0 Å². The first-order valence-corrected chi connectivity index (χ1v) is 5.92. The fourth-order valence-electron chi connectivity index (χ4n) is 1.59. The van der Waals surface area contributed by atoms with Crippen LogP contribution in [0.5, 0.6) is 0 Å². The minimum atomic E-state index is 0.0529. The van der Waals surface area contributed by atoms with Crippen molar-refractivity contribution in [3.8, 4) is 0 Å². The first-order chi connectivity index (χ1) is 6.91. The average molecular weight is 212 g/mol. The molecule has 0 aromatic heterocycles. The molecule has 1 heterocycles. The maximum atomic E-state index is 11.7. The molecule has 2 N–H and O–H groups in total. The van der Waals surface area contributed by atoms with Gasteiger partial charge in [0, 0.05) is 6.54 Å². The summed E-state index contributed by atoms with van der Waals surface area (Å²) in [7, 11) is 0. The number of hydrogen-bond donors (Lipinski definition) is 2. The van der Waals surface area contributed by atoms with Gasteiger partial charge >= 0.3 is 0 Å². The van der Waals surface area contributed by atoms with Crippen LogP contribution in [0.25, 0.3) is 0 Å². The van der Waals surface area contributed by atoms with Crippen LogP contribution in [0.1, 0.15) is 40.5 Å². The second kappa shape index (κ2) is 4.97. The van der Waals surface area contributed by atoms with E-state index in [1.165, 1.54) is 0 Å². The molecule has 15 heavy (non-hydrogen) atoms. The van der Waals surface area contributed by atoms with E-state index in [9.17, 15) is 4.79 Å². The minimum Gasteiger partial charge on any atom is -0.354 e. The van der Waals surface area contributed by atoms with Gasteiger partial charge in [0.05, 0.1) is 6.04 Å². The van der Waals surface area contributed by atoms with Gasteiger partial charge in [-0.3, -0.25) is 4.79 Å². The highest BCUT2D eigenvalue weighted by Gasteiger charge is 2.24. The van der Waals surface area contributed by atoms with E-state index >= 15 is 0 Å². The SMILES string of the molecule is CC(CNC(=O)[C@@H]1CCCN1)C(C)(C)C. The number of nitrogens with one attached hydrogen (secondary N) is 2. The van der Waals surface area contributed by atoms with Crippen LogP contribution in [0.4, 0.5) is 0 Å². The van der Waals surface area contributed by atoms with Gasteiger partial charge in [0.1, 0.15) is 0 Å². The van der Waals surface area contributed by atoms with Gasteiger partial charge < -0.3 is 10.6 Å².